The highest BCUT2D eigenvalue weighted by molar-refractivity contribution is 5.92. The van der Waals surface area contributed by atoms with Gasteiger partial charge in [0.05, 0.1) is 30.9 Å². The lowest BCUT2D eigenvalue weighted by atomic mass is 10.1. The molecular formula is C21H22F4N6O2. The summed E-state index contributed by atoms with van der Waals surface area (Å²) in [6.45, 7) is -0.412. The van der Waals surface area contributed by atoms with E-state index in [2.05, 4.69) is 15.3 Å². The smallest absolute Gasteiger partial charge is 0.364 e. The van der Waals surface area contributed by atoms with Crippen molar-refractivity contribution in [3.63, 3.8) is 0 Å². The SMILES string of the molecule is CN1CCC(F)(CNC(=O)[C@@H]2CN(c3ccc(C#N)c4nccnc34)C[C@H](C(F)(F)F)O2)C1. The number of likely N-dealkylation sites (tertiary alicyclic amines) is 1. The molecule has 1 aromatic heterocycles. The Morgan fingerprint density at radius 2 is 2.03 bits per heavy atom. The van der Waals surface area contributed by atoms with Crippen LogP contribution in [0.5, 0.6) is 0 Å². The second kappa shape index (κ2) is 8.72. The summed E-state index contributed by atoms with van der Waals surface area (Å²) in [6.07, 6.45) is -5.45. The van der Waals surface area contributed by atoms with E-state index in [0.29, 0.717) is 12.2 Å². The van der Waals surface area contributed by atoms with Crippen molar-refractivity contribution in [2.75, 3.05) is 44.7 Å². The fraction of sp³-hybridized carbons (Fsp3) is 0.524. The number of nitriles is 1. The molecule has 0 radical (unpaired) electrons. The minimum atomic E-state index is -4.72. The van der Waals surface area contributed by atoms with Crippen LogP contribution in [0.2, 0.25) is 0 Å². The van der Waals surface area contributed by atoms with Gasteiger partial charge < -0.3 is 19.9 Å². The molecule has 1 unspecified atom stereocenters. The van der Waals surface area contributed by atoms with E-state index in [0.717, 1.165) is 0 Å². The van der Waals surface area contributed by atoms with Gasteiger partial charge in [-0.3, -0.25) is 14.8 Å². The summed E-state index contributed by atoms with van der Waals surface area (Å²) in [5.74, 6) is -0.815. The van der Waals surface area contributed by atoms with Gasteiger partial charge in [-0.05, 0) is 25.6 Å². The number of amides is 1. The summed E-state index contributed by atoms with van der Waals surface area (Å²) >= 11 is 0. The maximum Gasteiger partial charge on any atom is 0.416 e. The van der Waals surface area contributed by atoms with Crippen LogP contribution in [-0.2, 0) is 9.53 Å². The molecule has 8 nitrogen and oxygen atoms in total. The molecule has 2 aliphatic heterocycles. The Hall–Kier alpha value is -3.04. The predicted octanol–water partition coefficient (Wildman–Crippen LogP) is 1.80. The van der Waals surface area contributed by atoms with Crippen molar-refractivity contribution in [2.45, 2.75) is 30.5 Å². The molecule has 2 aromatic rings. The van der Waals surface area contributed by atoms with Gasteiger partial charge >= 0.3 is 6.18 Å². The Balaban J connectivity index is 1.59. The molecule has 0 bridgehead atoms. The Kier molecular flexibility index (Phi) is 6.11. The lowest BCUT2D eigenvalue weighted by Crippen LogP contribution is -2.58. The van der Waals surface area contributed by atoms with E-state index >= 15 is 0 Å². The molecule has 2 fully saturated rings. The standard InChI is InChI=1S/C21H22F4N6O2/c1-30-7-4-20(22,12-30)11-29-19(32)15-9-31(10-16(33-15)21(23,24)25)14-3-2-13(8-26)17-18(14)28-6-5-27-17/h2-3,5-6,15-16H,4,7,9-12H2,1H3,(H,29,32)/t15-,16+,20?/m0/s1. The lowest BCUT2D eigenvalue weighted by molar-refractivity contribution is -0.234. The van der Waals surface area contributed by atoms with Gasteiger partial charge in [0.15, 0.2) is 12.2 Å². The van der Waals surface area contributed by atoms with Gasteiger partial charge in [0, 0.05) is 25.5 Å². The van der Waals surface area contributed by atoms with Crippen LogP contribution in [-0.4, -0.2) is 84.6 Å². The molecular weight excluding hydrogens is 444 g/mol. The number of benzene rings is 1. The summed E-state index contributed by atoms with van der Waals surface area (Å²) < 4.78 is 60.8. The number of nitrogens with one attached hydrogen (secondary N) is 1. The monoisotopic (exact) mass is 466 g/mol. The first-order valence-corrected chi connectivity index (χ1v) is 10.4. The Bertz CT molecular complexity index is 1090. The maximum absolute atomic E-state index is 14.8. The third-order valence-electron chi connectivity index (χ3n) is 5.90. The average molecular weight is 466 g/mol. The first-order valence-electron chi connectivity index (χ1n) is 10.4. The summed E-state index contributed by atoms with van der Waals surface area (Å²) in [5.41, 5.74) is -0.618. The summed E-state index contributed by atoms with van der Waals surface area (Å²) in [5, 5.41) is 11.7. The first kappa shape index (κ1) is 23.1. The fourth-order valence-electron chi connectivity index (χ4n) is 4.21. The molecule has 176 valence electrons. The number of fused-ring (bicyclic) bond motifs is 1. The number of ether oxygens (including phenoxy) is 1. The molecule has 12 heteroatoms. The van der Waals surface area contributed by atoms with Crippen LogP contribution < -0.4 is 10.2 Å². The van der Waals surface area contributed by atoms with Crippen LogP contribution in [0.3, 0.4) is 0 Å². The lowest BCUT2D eigenvalue weighted by Gasteiger charge is -2.39. The number of rotatable bonds is 4. The predicted molar refractivity (Wildman–Crippen MR) is 110 cm³/mol. The highest BCUT2D eigenvalue weighted by Crippen LogP contribution is 2.33. The van der Waals surface area contributed by atoms with Crippen LogP contribution >= 0.6 is 0 Å². The number of nitrogens with zero attached hydrogens (tertiary/aromatic N) is 5. The second-order valence-electron chi connectivity index (χ2n) is 8.41. The molecule has 1 N–H and O–H groups in total. The molecule has 4 rings (SSSR count). The molecule has 2 saturated heterocycles. The average Bonchev–Trinajstić information content (AvgIpc) is 3.14. The van der Waals surface area contributed by atoms with Crippen molar-refractivity contribution in [1.82, 2.24) is 20.2 Å². The number of aromatic nitrogens is 2. The van der Waals surface area contributed by atoms with Gasteiger partial charge in [-0.25, -0.2) is 4.39 Å². The van der Waals surface area contributed by atoms with Gasteiger partial charge in [-0.2, -0.15) is 18.4 Å². The van der Waals surface area contributed by atoms with Gasteiger partial charge in [-0.15, -0.1) is 0 Å². The quantitative estimate of drug-likeness (QED) is 0.687. The van der Waals surface area contributed by atoms with E-state index in [1.165, 1.54) is 29.4 Å². The van der Waals surface area contributed by atoms with Gasteiger partial charge in [-0.1, -0.05) is 0 Å². The number of hydrogen-bond donors (Lipinski definition) is 1. The van der Waals surface area contributed by atoms with Crippen LogP contribution in [0.15, 0.2) is 24.5 Å². The molecule has 1 aromatic carbocycles. The topological polar surface area (TPSA) is 94.4 Å². The first-order chi connectivity index (χ1) is 15.6. The third kappa shape index (κ3) is 4.84. The summed E-state index contributed by atoms with van der Waals surface area (Å²) in [7, 11) is 1.75. The van der Waals surface area contributed by atoms with Gasteiger partial charge in [0.25, 0.3) is 5.91 Å². The molecule has 2 aliphatic rings. The largest absolute Gasteiger partial charge is 0.416 e. The zero-order chi connectivity index (χ0) is 23.8. The number of halogens is 4. The summed E-state index contributed by atoms with van der Waals surface area (Å²) in [4.78, 5) is 24.2. The highest BCUT2D eigenvalue weighted by atomic mass is 19.4. The van der Waals surface area contributed by atoms with Crippen LogP contribution in [0.4, 0.5) is 23.2 Å². The van der Waals surface area contributed by atoms with Crippen molar-refractivity contribution in [2.24, 2.45) is 0 Å². The molecule has 33 heavy (non-hydrogen) atoms. The number of alkyl halides is 4. The number of anilines is 1. The fourth-order valence-corrected chi connectivity index (χ4v) is 4.21. The van der Waals surface area contributed by atoms with Crippen LogP contribution in [0.25, 0.3) is 11.0 Å². The number of carbonyl (C=O) groups is 1. The minimum absolute atomic E-state index is 0.131. The maximum atomic E-state index is 14.8. The second-order valence-corrected chi connectivity index (χ2v) is 8.41. The number of hydrogen-bond acceptors (Lipinski definition) is 7. The van der Waals surface area contributed by atoms with Crippen molar-refractivity contribution in [1.29, 1.82) is 5.26 Å². The molecule has 3 heterocycles. The van der Waals surface area contributed by atoms with Crippen molar-refractivity contribution in [3.8, 4) is 6.07 Å². The van der Waals surface area contributed by atoms with Crippen molar-refractivity contribution in [3.05, 3.63) is 30.1 Å². The zero-order valence-electron chi connectivity index (χ0n) is 17.8. The van der Waals surface area contributed by atoms with Gasteiger partial charge in [0.2, 0.25) is 0 Å². The van der Waals surface area contributed by atoms with E-state index in [1.54, 1.807) is 11.9 Å². The zero-order valence-corrected chi connectivity index (χ0v) is 17.8. The van der Waals surface area contributed by atoms with Crippen LogP contribution in [0.1, 0.15) is 12.0 Å². The Labute approximate surface area is 187 Å². The minimum Gasteiger partial charge on any atom is -0.364 e. The van der Waals surface area contributed by atoms with E-state index < -0.39 is 36.5 Å². The van der Waals surface area contributed by atoms with Gasteiger partial charge in [0.1, 0.15) is 22.8 Å². The Morgan fingerprint density at radius 3 is 2.67 bits per heavy atom. The molecule has 0 aliphatic carbocycles. The van der Waals surface area contributed by atoms with E-state index in [4.69, 9.17) is 4.74 Å². The van der Waals surface area contributed by atoms with E-state index in [9.17, 15) is 27.6 Å². The molecule has 0 spiro atoms. The van der Waals surface area contributed by atoms with E-state index in [1.807, 2.05) is 6.07 Å². The molecule has 1 amide bonds. The third-order valence-corrected chi connectivity index (χ3v) is 5.90. The summed E-state index contributed by atoms with van der Waals surface area (Å²) in [6, 6.07) is 4.91. The molecule has 0 saturated carbocycles. The highest BCUT2D eigenvalue weighted by Gasteiger charge is 2.48. The van der Waals surface area contributed by atoms with Crippen LogP contribution in [0, 0.1) is 11.3 Å². The van der Waals surface area contributed by atoms with Crippen molar-refractivity contribution >= 4 is 22.6 Å². The molecule has 3 atom stereocenters. The number of morpholine rings is 1. The number of carbonyl (C=O) groups excluding carboxylic acids is 1. The van der Waals surface area contributed by atoms with Crippen molar-refractivity contribution < 1.29 is 27.1 Å². The Morgan fingerprint density at radius 1 is 1.30 bits per heavy atom. The normalized spacial score (nSPS) is 26.4. The van der Waals surface area contributed by atoms with E-state index in [-0.39, 0.29) is 42.7 Å².